The van der Waals surface area contributed by atoms with Crippen LogP contribution in [-0.2, 0) is 16.0 Å². The van der Waals surface area contributed by atoms with E-state index in [1.54, 1.807) is 0 Å². The molecule has 1 aliphatic carbocycles. The average Bonchev–Trinajstić information content (AvgIpc) is 2.69. The average molecular weight is 220 g/mol. The molecule has 0 bridgehead atoms. The van der Waals surface area contributed by atoms with Crippen LogP contribution in [0.3, 0.4) is 0 Å². The molecular formula is C13H16O3. The van der Waals surface area contributed by atoms with Gasteiger partial charge in [-0.15, -0.1) is 0 Å². The Bertz CT molecular complexity index is 387. The molecule has 1 aliphatic rings. The number of hydrogen-bond acceptors (Lipinski definition) is 2. The van der Waals surface area contributed by atoms with E-state index in [-0.39, 0.29) is 0 Å². The molecule has 0 aliphatic heterocycles. The summed E-state index contributed by atoms with van der Waals surface area (Å²) in [4.78, 5) is 10.9. The minimum Gasteiger partial charge on any atom is -0.479 e. The number of carboxylic acid groups (broad SMARTS) is 1. The fraction of sp³-hybridized carbons (Fsp3) is 0.462. The van der Waals surface area contributed by atoms with Gasteiger partial charge in [0, 0.05) is 7.11 Å². The zero-order valence-corrected chi connectivity index (χ0v) is 9.35. The van der Waals surface area contributed by atoms with Crippen molar-refractivity contribution in [3.63, 3.8) is 0 Å². The SMILES string of the molecule is COC(CC1CCc2ccccc21)C(=O)O. The number of fused-ring (bicyclic) bond motifs is 1. The van der Waals surface area contributed by atoms with Gasteiger partial charge in [-0.2, -0.15) is 0 Å². The highest BCUT2D eigenvalue weighted by Crippen LogP contribution is 2.36. The highest BCUT2D eigenvalue weighted by atomic mass is 16.5. The first-order valence-electron chi connectivity index (χ1n) is 5.55. The zero-order chi connectivity index (χ0) is 11.5. The second-order valence-corrected chi connectivity index (χ2v) is 4.23. The van der Waals surface area contributed by atoms with Gasteiger partial charge in [0.05, 0.1) is 0 Å². The van der Waals surface area contributed by atoms with Gasteiger partial charge in [0.25, 0.3) is 0 Å². The van der Waals surface area contributed by atoms with E-state index in [9.17, 15) is 4.79 Å². The van der Waals surface area contributed by atoms with Crippen LogP contribution >= 0.6 is 0 Å². The van der Waals surface area contributed by atoms with Crippen LogP contribution in [0.15, 0.2) is 24.3 Å². The minimum absolute atomic E-state index is 0.331. The molecule has 16 heavy (non-hydrogen) atoms. The van der Waals surface area contributed by atoms with E-state index in [2.05, 4.69) is 12.1 Å². The first kappa shape index (κ1) is 11.1. The Morgan fingerprint density at radius 1 is 1.56 bits per heavy atom. The van der Waals surface area contributed by atoms with Crippen LogP contribution in [0.1, 0.15) is 29.9 Å². The molecule has 0 heterocycles. The molecule has 0 amide bonds. The van der Waals surface area contributed by atoms with Crippen LogP contribution in [0.25, 0.3) is 0 Å². The summed E-state index contributed by atoms with van der Waals surface area (Å²) in [7, 11) is 1.46. The Labute approximate surface area is 95.0 Å². The number of rotatable bonds is 4. The maximum atomic E-state index is 10.9. The van der Waals surface area contributed by atoms with E-state index in [1.807, 2.05) is 12.1 Å². The molecule has 0 fully saturated rings. The van der Waals surface area contributed by atoms with Crippen molar-refractivity contribution >= 4 is 5.97 Å². The lowest BCUT2D eigenvalue weighted by Gasteiger charge is -2.16. The fourth-order valence-electron chi connectivity index (χ4n) is 2.45. The third kappa shape index (κ3) is 2.09. The summed E-state index contributed by atoms with van der Waals surface area (Å²) in [5.74, 6) is -0.538. The monoisotopic (exact) mass is 220 g/mol. The number of hydrogen-bond donors (Lipinski definition) is 1. The van der Waals surface area contributed by atoms with Crippen LogP contribution < -0.4 is 0 Å². The molecule has 1 aromatic carbocycles. The molecule has 0 saturated heterocycles. The predicted octanol–water partition coefficient (Wildman–Crippen LogP) is 2.21. The lowest BCUT2D eigenvalue weighted by molar-refractivity contribution is -0.149. The van der Waals surface area contributed by atoms with Crippen molar-refractivity contribution in [2.75, 3.05) is 7.11 Å². The number of benzene rings is 1. The quantitative estimate of drug-likeness (QED) is 0.846. The molecule has 2 atom stereocenters. The van der Waals surface area contributed by atoms with Gasteiger partial charge < -0.3 is 9.84 Å². The fourth-order valence-corrected chi connectivity index (χ4v) is 2.45. The van der Waals surface area contributed by atoms with E-state index in [4.69, 9.17) is 9.84 Å². The zero-order valence-electron chi connectivity index (χ0n) is 9.35. The molecule has 0 aromatic heterocycles. The molecular weight excluding hydrogens is 204 g/mol. The predicted molar refractivity (Wildman–Crippen MR) is 60.6 cm³/mol. The van der Waals surface area contributed by atoms with Crippen LogP contribution in [0.4, 0.5) is 0 Å². The Kier molecular flexibility index (Phi) is 3.25. The maximum Gasteiger partial charge on any atom is 0.332 e. The first-order chi connectivity index (χ1) is 7.72. The van der Waals surface area contributed by atoms with Crippen molar-refractivity contribution < 1.29 is 14.6 Å². The number of ether oxygens (including phenoxy) is 1. The first-order valence-corrected chi connectivity index (χ1v) is 5.55. The van der Waals surface area contributed by atoms with Crippen LogP contribution in [-0.4, -0.2) is 24.3 Å². The van der Waals surface area contributed by atoms with Gasteiger partial charge >= 0.3 is 5.97 Å². The van der Waals surface area contributed by atoms with E-state index in [0.717, 1.165) is 12.8 Å². The highest BCUT2D eigenvalue weighted by molar-refractivity contribution is 5.72. The summed E-state index contributed by atoms with van der Waals surface area (Å²) in [6, 6.07) is 8.27. The van der Waals surface area contributed by atoms with Gasteiger partial charge in [-0.05, 0) is 36.3 Å². The second-order valence-electron chi connectivity index (χ2n) is 4.23. The molecule has 0 radical (unpaired) electrons. The largest absolute Gasteiger partial charge is 0.479 e. The summed E-state index contributed by atoms with van der Waals surface area (Å²) >= 11 is 0. The van der Waals surface area contributed by atoms with Crippen LogP contribution in [0.5, 0.6) is 0 Å². The van der Waals surface area contributed by atoms with Crippen molar-refractivity contribution in [2.45, 2.75) is 31.3 Å². The van der Waals surface area contributed by atoms with E-state index >= 15 is 0 Å². The number of carboxylic acids is 1. The summed E-state index contributed by atoms with van der Waals surface area (Å²) in [6.07, 6.45) is 1.97. The molecule has 2 rings (SSSR count). The summed E-state index contributed by atoms with van der Waals surface area (Å²) in [6.45, 7) is 0. The number of aliphatic carboxylic acids is 1. The van der Waals surface area contributed by atoms with Gasteiger partial charge in [0.1, 0.15) is 0 Å². The van der Waals surface area contributed by atoms with Gasteiger partial charge in [-0.1, -0.05) is 24.3 Å². The Balaban J connectivity index is 2.11. The maximum absolute atomic E-state index is 10.9. The van der Waals surface area contributed by atoms with E-state index < -0.39 is 12.1 Å². The Morgan fingerprint density at radius 3 is 3.00 bits per heavy atom. The lowest BCUT2D eigenvalue weighted by Crippen LogP contribution is -2.24. The smallest absolute Gasteiger partial charge is 0.332 e. The highest BCUT2D eigenvalue weighted by Gasteiger charge is 2.27. The summed E-state index contributed by atoms with van der Waals surface area (Å²) in [5, 5.41) is 8.96. The van der Waals surface area contributed by atoms with Crippen LogP contribution in [0.2, 0.25) is 0 Å². The van der Waals surface area contributed by atoms with Crippen molar-refractivity contribution in [1.29, 1.82) is 0 Å². The summed E-state index contributed by atoms with van der Waals surface area (Å²) in [5.41, 5.74) is 2.65. The van der Waals surface area contributed by atoms with Crippen LogP contribution in [0, 0.1) is 0 Å². The molecule has 1 N–H and O–H groups in total. The topological polar surface area (TPSA) is 46.5 Å². The minimum atomic E-state index is -0.869. The molecule has 0 saturated carbocycles. The van der Waals surface area contributed by atoms with Gasteiger partial charge in [0.2, 0.25) is 0 Å². The van der Waals surface area contributed by atoms with Gasteiger partial charge in [-0.25, -0.2) is 4.79 Å². The van der Waals surface area contributed by atoms with Gasteiger partial charge in [0.15, 0.2) is 6.10 Å². The molecule has 1 aromatic rings. The molecule has 2 unspecified atom stereocenters. The number of carbonyl (C=O) groups is 1. The third-order valence-corrected chi connectivity index (χ3v) is 3.32. The lowest BCUT2D eigenvalue weighted by atomic mass is 9.95. The molecule has 0 spiro atoms. The van der Waals surface area contributed by atoms with Crippen molar-refractivity contribution in [3.8, 4) is 0 Å². The van der Waals surface area contributed by atoms with Crippen molar-refractivity contribution in [3.05, 3.63) is 35.4 Å². The van der Waals surface area contributed by atoms with E-state index in [0.29, 0.717) is 12.3 Å². The standard InChI is InChI=1S/C13H16O3/c1-16-12(13(14)15)8-10-7-6-9-4-2-3-5-11(9)10/h2-5,10,12H,6-8H2,1H3,(H,14,15). The van der Waals surface area contributed by atoms with Crippen molar-refractivity contribution in [2.24, 2.45) is 0 Å². The van der Waals surface area contributed by atoms with Gasteiger partial charge in [-0.3, -0.25) is 0 Å². The normalized spacial score (nSPS) is 20.4. The third-order valence-electron chi connectivity index (χ3n) is 3.32. The van der Waals surface area contributed by atoms with E-state index in [1.165, 1.54) is 18.2 Å². The number of methoxy groups -OCH3 is 1. The Morgan fingerprint density at radius 2 is 2.31 bits per heavy atom. The molecule has 3 nitrogen and oxygen atoms in total. The molecule has 86 valence electrons. The Hall–Kier alpha value is -1.35. The second kappa shape index (κ2) is 4.66. The molecule has 3 heteroatoms. The summed E-state index contributed by atoms with van der Waals surface area (Å²) < 4.78 is 4.99. The number of aryl methyl sites for hydroxylation is 1. The van der Waals surface area contributed by atoms with Crippen molar-refractivity contribution in [1.82, 2.24) is 0 Å².